The van der Waals surface area contributed by atoms with Crippen molar-refractivity contribution in [2.24, 2.45) is 11.8 Å². The van der Waals surface area contributed by atoms with Gasteiger partial charge in [0.2, 0.25) is 17.7 Å². The molecule has 1 saturated heterocycles. The maximum atomic E-state index is 13.7. The lowest BCUT2D eigenvalue weighted by atomic mass is 9.78. The molecule has 6 atom stereocenters. The fraction of sp³-hybridized carbons (Fsp3) is 0.448. The van der Waals surface area contributed by atoms with Gasteiger partial charge in [0.05, 0.1) is 29.7 Å². The molecule has 0 bridgehead atoms. The molecule has 1 saturated carbocycles. The Morgan fingerprint density at radius 3 is 2.21 bits per heavy atom. The highest BCUT2D eigenvalue weighted by molar-refractivity contribution is 6.00. The van der Waals surface area contributed by atoms with Crippen LogP contribution < -0.4 is 21.3 Å². The number of aliphatic hydroxyl groups excluding tert-OH is 1. The van der Waals surface area contributed by atoms with E-state index < -0.39 is 59.8 Å². The van der Waals surface area contributed by atoms with E-state index in [-0.39, 0.29) is 23.7 Å². The first kappa shape index (κ1) is 28.1. The van der Waals surface area contributed by atoms with Gasteiger partial charge in [0.15, 0.2) is 0 Å². The standard InChI is InChI=1S/C29H36N4O6/c1-16-25(35)21(15-18-9-4-3-5-10-18)31-28(38)23(32-27(37)20-13-6-7-14-22(20)34)17(2)30-29(39)24(33-26(16)36)19-11-8-12-19/h3-7,9-10,13-14,16-17,19,21,23-25,34-35H,8,11-12,15H2,1-2H3,(H,30,39)(H,31,38)(H,32,37)(H,33,36)/t16-,17-,21+,23+,24?,25+/m1/s1. The number of phenols is 1. The first-order valence-corrected chi connectivity index (χ1v) is 13.4. The van der Waals surface area contributed by atoms with E-state index in [1.807, 2.05) is 30.3 Å². The van der Waals surface area contributed by atoms with E-state index >= 15 is 0 Å². The molecule has 1 aliphatic heterocycles. The van der Waals surface area contributed by atoms with Crippen LogP contribution in [0.3, 0.4) is 0 Å². The van der Waals surface area contributed by atoms with Crippen LogP contribution in [0.25, 0.3) is 0 Å². The Labute approximate surface area is 227 Å². The highest BCUT2D eigenvalue weighted by atomic mass is 16.3. The predicted molar refractivity (Wildman–Crippen MR) is 143 cm³/mol. The zero-order valence-electron chi connectivity index (χ0n) is 22.1. The molecule has 1 heterocycles. The fourth-order valence-corrected chi connectivity index (χ4v) is 5.06. The van der Waals surface area contributed by atoms with Crippen LogP contribution in [-0.2, 0) is 20.8 Å². The van der Waals surface area contributed by atoms with E-state index in [1.165, 1.54) is 12.1 Å². The van der Waals surface area contributed by atoms with E-state index in [9.17, 15) is 29.4 Å². The summed E-state index contributed by atoms with van der Waals surface area (Å²) in [6.07, 6.45) is 1.45. The van der Waals surface area contributed by atoms with Crippen molar-refractivity contribution in [3.05, 3.63) is 65.7 Å². The van der Waals surface area contributed by atoms with Gasteiger partial charge in [-0.15, -0.1) is 0 Å². The smallest absolute Gasteiger partial charge is 0.255 e. The number of hydrogen-bond acceptors (Lipinski definition) is 6. The van der Waals surface area contributed by atoms with E-state index in [2.05, 4.69) is 21.3 Å². The minimum atomic E-state index is -1.27. The van der Waals surface area contributed by atoms with E-state index in [4.69, 9.17) is 0 Å². The van der Waals surface area contributed by atoms with Crippen molar-refractivity contribution in [3.8, 4) is 5.75 Å². The number of carbonyl (C=O) groups is 4. The van der Waals surface area contributed by atoms with Crippen molar-refractivity contribution >= 4 is 23.6 Å². The molecule has 2 aliphatic rings. The van der Waals surface area contributed by atoms with Gasteiger partial charge < -0.3 is 31.5 Å². The zero-order valence-corrected chi connectivity index (χ0v) is 22.1. The summed E-state index contributed by atoms with van der Waals surface area (Å²) in [5.41, 5.74) is 0.814. The number of carbonyl (C=O) groups excluding carboxylic acids is 4. The maximum Gasteiger partial charge on any atom is 0.255 e. The molecule has 208 valence electrons. The van der Waals surface area contributed by atoms with E-state index in [1.54, 1.807) is 26.0 Å². The minimum absolute atomic E-state index is 0.0240. The predicted octanol–water partition coefficient (Wildman–Crippen LogP) is 1.02. The van der Waals surface area contributed by atoms with Crippen LogP contribution in [0.15, 0.2) is 54.6 Å². The molecule has 2 aromatic rings. The molecule has 2 fully saturated rings. The lowest BCUT2D eigenvalue weighted by Crippen LogP contribution is -2.64. The van der Waals surface area contributed by atoms with Gasteiger partial charge in [-0.3, -0.25) is 19.2 Å². The van der Waals surface area contributed by atoms with Crippen LogP contribution in [0, 0.1) is 11.8 Å². The molecule has 1 aliphatic carbocycles. The lowest BCUT2D eigenvalue weighted by molar-refractivity contribution is -0.137. The number of benzene rings is 2. The quantitative estimate of drug-likeness (QED) is 0.335. The molecule has 0 spiro atoms. The molecular formula is C29H36N4O6. The molecule has 4 rings (SSSR count). The first-order chi connectivity index (χ1) is 18.7. The normalized spacial score (nSPS) is 28.5. The highest BCUT2D eigenvalue weighted by Crippen LogP contribution is 2.30. The maximum absolute atomic E-state index is 13.7. The Balaban J connectivity index is 1.67. The molecule has 0 aromatic heterocycles. The summed E-state index contributed by atoms with van der Waals surface area (Å²) in [6, 6.07) is 11.4. The van der Waals surface area contributed by atoms with Crippen molar-refractivity contribution in [2.75, 3.05) is 0 Å². The summed E-state index contributed by atoms with van der Waals surface area (Å²) in [6.45, 7) is 3.15. The van der Waals surface area contributed by atoms with E-state index in [0.29, 0.717) is 0 Å². The number of aromatic hydroxyl groups is 1. The molecule has 6 N–H and O–H groups in total. The lowest BCUT2D eigenvalue weighted by Gasteiger charge is -2.37. The van der Waals surface area contributed by atoms with Crippen molar-refractivity contribution in [3.63, 3.8) is 0 Å². The second-order valence-corrected chi connectivity index (χ2v) is 10.5. The van der Waals surface area contributed by atoms with E-state index in [0.717, 1.165) is 24.8 Å². The number of para-hydroxylation sites is 1. The van der Waals surface area contributed by atoms with Gasteiger partial charge >= 0.3 is 0 Å². The van der Waals surface area contributed by atoms with Crippen LogP contribution in [0.5, 0.6) is 5.75 Å². The first-order valence-electron chi connectivity index (χ1n) is 13.4. The third-order valence-electron chi connectivity index (χ3n) is 7.75. The number of hydrogen-bond donors (Lipinski definition) is 6. The average Bonchev–Trinajstić information content (AvgIpc) is 2.89. The van der Waals surface area contributed by atoms with Crippen LogP contribution in [0.1, 0.15) is 49.0 Å². The molecular weight excluding hydrogens is 500 g/mol. The third-order valence-corrected chi connectivity index (χ3v) is 7.75. The highest BCUT2D eigenvalue weighted by Gasteiger charge is 2.41. The van der Waals surface area contributed by atoms with Gasteiger partial charge in [-0.2, -0.15) is 0 Å². The molecule has 4 amide bonds. The number of rotatable bonds is 5. The van der Waals surface area contributed by atoms with Crippen molar-refractivity contribution in [1.82, 2.24) is 21.3 Å². The Bertz CT molecular complexity index is 1200. The van der Waals surface area contributed by atoms with Gasteiger partial charge in [0.1, 0.15) is 17.8 Å². The molecule has 10 heteroatoms. The van der Waals surface area contributed by atoms with Gasteiger partial charge in [-0.25, -0.2) is 0 Å². The molecule has 0 radical (unpaired) electrons. The zero-order chi connectivity index (χ0) is 28.1. The molecule has 10 nitrogen and oxygen atoms in total. The summed E-state index contributed by atoms with van der Waals surface area (Å²) in [7, 11) is 0. The number of aliphatic hydroxyl groups is 1. The van der Waals surface area contributed by atoms with Crippen LogP contribution in [0.2, 0.25) is 0 Å². The van der Waals surface area contributed by atoms with Gasteiger partial charge in [-0.05, 0) is 49.8 Å². The Hall–Kier alpha value is -3.92. The molecule has 1 unspecified atom stereocenters. The summed E-state index contributed by atoms with van der Waals surface area (Å²) < 4.78 is 0. The summed E-state index contributed by atoms with van der Waals surface area (Å²) in [5.74, 6) is -3.51. The van der Waals surface area contributed by atoms with Crippen molar-refractivity contribution in [2.45, 2.75) is 69.8 Å². The van der Waals surface area contributed by atoms with Crippen LogP contribution in [0.4, 0.5) is 0 Å². The average molecular weight is 537 g/mol. The molecule has 39 heavy (non-hydrogen) atoms. The summed E-state index contributed by atoms with van der Waals surface area (Å²) in [4.78, 5) is 53.2. The number of amides is 4. The number of phenolic OH excluding ortho intramolecular Hbond substituents is 1. The third kappa shape index (κ3) is 6.57. The Kier molecular flexibility index (Phi) is 8.86. The summed E-state index contributed by atoms with van der Waals surface area (Å²) >= 11 is 0. The monoisotopic (exact) mass is 536 g/mol. The topological polar surface area (TPSA) is 157 Å². The Morgan fingerprint density at radius 1 is 0.897 bits per heavy atom. The van der Waals surface area contributed by atoms with Gasteiger partial charge in [0, 0.05) is 0 Å². The Morgan fingerprint density at radius 2 is 1.56 bits per heavy atom. The SMILES string of the molecule is C[C@H]1NC(=O)C(C2CCC2)NC(=O)[C@H](C)[C@H](O)[C@H](Cc2ccccc2)NC(=O)[C@H]1NC(=O)c1ccccc1O. The summed E-state index contributed by atoms with van der Waals surface area (Å²) in [5, 5.41) is 32.5. The van der Waals surface area contributed by atoms with Crippen LogP contribution in [-0.4, -0.2) is 64.1 Å². The fourth-order valence-electron chi connectivity index (χ4n) is 5.06. The van der Waals surface area contributed by atoms with Crippen molar-refractivity contribution < 1.29 is 29.4 Å². The van der Waals surface area contributed by atoms with Crippen molar-refractivity contribution in [1.29, 1.82) is 0 Å². The number of nitrogens with one attached hydrogen (secondary N) is 4. The second kappa shape index (κ2) is 12.3. The second-order valence-electron chi connectivity index (χ2n) is 10.5. The largest absolute Gasteiger partial charge is 0.507 e. The van der Waals surface area contributed by atoms with Gasteiger partial charge in [0.25, 0.3) is 5.91 Å². The van der Waals surface area contributed by atoms with Gasteiger partial charge in [-0.1, -0.05) is 55.8 Å². The molecule has 2 aromatic carbocycles. The van der Waals surface area contributed by atoms with Crippen LogP contribution >= 0.6 is 0 Å². The minimum Gasteiger partial charge on any atom is -0.507 e.